The van der Waals surface area contributed by atoms with E-state index < -0.39 is 0 Å². The largest absolute Gasteiger partial charge is 0.372 e. The highest BCUT2D eigenvalue weighted by Gasteiger charge is 2.03. The van der Waals surface area contributed by atoms with Crippen LogP contribution in [0.15, 0.2) is 48.5 Å². The van der Waals surface area contributed by atoms with E-state index in [9.17, 15) is 4.79 Å². The first-order valence-corrected chi connectivity index (χ1v) is 8.57. The molecule has 0 bridgehead atoms. The van der Waals surface area contributed by atoms with Gasteiger partial charge in [0.2, 0.25) is 5.91 Å². The Balaban J connectivity index is 0.00000312. The quantitative estimate of drug-likeness (QED) is 0.439. The maximum atomic E-state index is 11.3. The molecule has 0 saturated heterocycles. The van der Waals surface area contributed by atoms with Gasteiger partial charge in [-0.2, -0.15) is 0 Å². The first kappa shape index (κ1) is 20.7. The van der Waals surface area contributed by atoms with Crippen molar-refractivity contribution in [3.63, 3.8) is 0 Å². The Kier molecular flexibility index (Phi) is 8.71. The summed E-state index contributed by atoms with van der Waals surface area (Å²) >= 11 is 0. The van der Waals surface area contributed by atoms with E-state index in [4.69, 9.17) is 5.84 Å². The van der Waals surface area contributed by atoms with Crippen LogP contribution >= 0.6 is 0 Å². The molecule has 0 unspecified atom stereocenters. The van der Waals surface area contributed by atoms with Crippen LogP contribution in [-0.4, -0.2) is 19.0 Å². The Bertz CT molecular complexity index is 631. The van der Waals surface area contributed by atoms with E-state index in [1.807, 2.05) is 12.1 Å². The lowest BCUT2D eigenvalue weighted by Gasteiger charge is -2.21. The maximum absolute atomic E-state index is 11.3. The second kappa shape index (κ2) is 10.5. The van der Waals surface area contributed by atoms with E-state index in [0.29, 0.717) is 6.42 Å². The van der Waals surface area contributed by atoms with Crippen LogP contribution in [-0.2, 0) is 24.1 Å². The lowest BCUT2D eigenvalue weighted by atomic mass is 10.0. The van der Waals surface area contributed by atoms with Crippen LogP contribution < -0.4 is 16.2 Å². The molecule has 0 aliphatic carbocycles. The van der Waals surface area contributed by atoms with Gasteiger partial charge in [0.05, 0.1) is 6.42 Å². The number of hydrazine groups is 1. The second-order valence-electron chi connectivity index (χ2n) is 5.90. The Morgan fingerprint density at radius 2 is 1.32 bits per heavy atom. The van der Waals surface area contributed by atoms with Crippen molar-refractivity contribution in [1.82, 2.24) is 5.43 Å². The molecule has 4 nitrogen and oxygen atoms in total. The summed E-state index contributed by atoms with van der Waals surface area (Å²) in [5, 5.41) is 0. The van der Waals surface area contributed by atoms with Gasteiger partial charge in [0.15, 0.2) is 0 Å². The highest BCUT2D eigenvalue weighted by Crippen LogP contribution is 2.16. The first-order valence-electron chi connectivity index (χ1n) is 8.57. The lowest BCUT2D eigenvalue weighted by molar-refractivity contribution is -0.120. The number of aryl methyl sites for hydroxylation is 2. The van der Waals surface area contributed by atoms with Gasteiger partial charge in [-0.05, 0) is 55.5 Å². The summed E-state index contributed by atoms with van der Waals surface area (Å²) < 4.78 is 0. The summed E-state index contributed by atoms with van der Waals surface area (Å²) in [7, 11) is 0. The Labute approximate surface area is 152 Å². The molecule has 2 rings (SSSR count). The molecule has 2 aromatic rings. The van der Waals surface area contributed by atoms with Crippen molar-refractivity contribution in [2.75, 3.05) is 18.0 Å². The molecule has 0 aliphatic heterocycles. The van der Waals surface area contributed by atoms with Gasteiger partial charge < -0.3 is 4.90 Å². The van der Waals surface area contributed by atoms with E-state index >= 15 is 0 Å². The molecule has 1 amide bonds. The predicted molar refractivity (Wildman–Crippen MR) is 107 cm³/mol. The molecule has 0 aromatic heterocycles. The number of anilines is 1. The molecular weight excluding hydrogens is 310 g/mol. The Morgan fingerprint density at radius 1 is 0.880 bits per heavy atom. The Hall–Kier alpha value is -2.33. The first-order chi connectivity index (χ1) is 11.7. The summed E-state index contributed by atoms with van der Waals surface area (Å²) in [6.45, 7) is 6.42. The average Bonchev–Trinajstić information content (AvgIpc) is 2.63. The minimum Gasteiger partial charge on any atom is -0.372 e. The molecule has 0 fully saturated rings. The van der Waals surface area contributed by atoms with E-state index in [1.165, 1.54) is 16.8 Å². The molecule has 25 heavy (non-hydrogen) atoms. The molecule has 0 radical (unpaired) electrons. The predicted octanol–water partition coefficient (Wildman–Crippen LogP) is 3.49. The molecule has 0 heterocycles. The number of hydrogen-bond donors (Lipinski definition) is 2. The minimum atomic E-state index is -0.170. The second-order valence-corrected chi connectivity index (χ2v) is 5.90. The van der Waals surface area contributed by atoms with Crippen LogP contribution in [0.1, 0.15) is 38.0 Å². The average molecular weight is 341 g/mol. The summed E-state index contributed by atoms with van der Waals surface area (Å²) in [5.41, 5.74) is 7.04. The van der Waals surface area contributed by atoms with Crippen LogP contribution in [0.5, 0.6) is 0 Å². The Morgan fingerprint density at radius 3 is 1.76 bits per heavy atom. The molecular formula is C21H31N3O. The van der Waals surface area contributed by atoms with Gasteiger partial charge >= 0.3 is 0 Å². The van der Waals surface area contributed by atoms with E-state index in [2.05, 4.69) is 60.6 Å². The van der Waals surface area contributed by atoms with E-state index in [0.717, 1.165) is 31.5 Å². The van der Waals surface area contributed by atoms with Gasteiger partial charge in [0.25, 0.3) is 0 Å². The number of benzene rings is 2. The van der Waals surface area contributed by atoms with Crippen molar-refractivity contribution in [2.24, 2.45) is 5.84 Å². The van der Waals surface area contributed by atoms with Gasteiger partial charge in [0.1, 0.15) is 0 Å². The fraction of sp³-hybridized carbons (Fsp3) is 0.381. The van der Waals surface area contributed by atoms with Crippen molar-refractivity contribution >= 4 is 11.6 Å². The fourth-order valence-corrected chi connectivity index (χ4v) is 2.81. The summed E-state index contributed by atoms with van der Waals surface area (Å²) in [4.78, 5) is 13.6. The van der Waals surface area contributed by atoms with Crippen LogP contribution in [0.25, 0.3) is 0 Å². The monoisotopic (exact) mass is 341 g/mol. The smallest absolute Gasteiger partial charge is 0.238 e. The summed E-state index contributed by atoms with van der Waals surface area (Å²) in [6, 6.07) is 17.0. The standard InChI is InChI=1S/C20H27N3O.CH4/c1-3-23(4-2)19-13-11-17(12-14-19)6-5-16-7-9-18(10-8-16)15-20(24)22-21;/h7-14H,3-6,15,21H2,1-2H3,(H,22,24);1H4. The fourth-order valence-electron chi connectivity index (χ4n) is 2.81. The van der Waals surface area contributed by atoms with Gasteiger partial charge in [0, 0.05) is 18.8 Å². The molecule has 3 N–H and O–H groups in total. The molecule has 136 valence electrons. The number of rotatable bonds is 8. The number of carbonyl (C=O) groups excluding carboxylic acids is 1. The highest BCUT2D eigenvalue weighted by molar-refractivity contribution is 5.77. The van der Waals surface area contributed by atoms with Crippen molar-refractivity contribution < 1.29 is 4.79 Å². The van der Waals surface area contributed by atoms with Gasteiger partial charge in [-0.25, -0.2) is 5.84 Å². The van der Waals surface area contributed by atoms with Crippen LogP contribution in [0.4, 0.5) is 5.69 Å². The third-order valence-corrected chi connectivity index (χ3v) is 4.32. The van der Waals surface area contributed by atoms with Crippen molar-refractivity contribution in [1.29, 1.82) is 0 Å². The molecule has 4 heteroatoms. The van der Waals surface area contributed by atoms with Gasteiger partial charge in [-0.1, -0.05) is 43.8 Å². The number of amides is 1. The van der Waals surface area contributed by atoms with Crippen molar-refractivity contribution in [3.05, 3.63) is 65.2 Å². The van der Waals surface area contributed by atoms with E-state index in [-0.39, 0.29) is 13.3 Å². The summed E-state index contributed by atoms with van der Waals surface area (Å²) in [5.74, 6) is 4.94. The van der Waals surface area contributed by atoms with Crippen LogP contribution in [0.3, 0.4) is 0 Å². The third-order valence-electron chi connectivity index (χ3n) is 4.32. The van der Waals surface area contributed by atoms with Crippen LogP contribution in [0, 0.1) is 0 Å². The molecule has 0 saturated carbocycles. The third kappa shape index (κ3) is 6.24. The van der Waals surface area contributed by atoms with Crippen molar-refractivity contribution in [2.45, 2.75) is 40.5 Å². The molecule has 2 aromatic carbocycles. The highest BCUT2D eigenvalue weighted by atomic mass is 16.2. The topological polar surface area (TPSA) is 58.4 Å². The zero-order chi connectivity index (χ0) is 17.4. The zero-order valence-corrected chi connectivity index (χ0v) is 14.6. The number of nitrogens with two attached hydrogens (primary N) is 1. The molecule has 0 atom stereocenters. The normalized spacial score (nSPS) is 10.0. The summed E-state index contributed by atoms with van der Waals surface area (Å²) in [6.07, 6.45) is 2.33. The lowest BCUT2D eigenvalue weighted by Crippen LogP contribution is -2.31. The molecule has 0 aliphatic rings. The SMILES string of the molecule is C.CCN(CC)c1ccc(CCc2ccc(CC(=O)NN)cc2)cc1. The zero-order valence-electron chi connectivity index (χ0n) is 14.6. The number of hydrogen-bond acceptors (Lipinski definition) is 3. The van der Waals surface area contributed by atoms with Crippen LogP contribution in [0.2, 0.25) is 0 Å². The van der Waals surface area contributed by atoms with Gasteiger partial charge in [-0.3, -0.25) is 10.2 Å². The number of nitrogens with one attached hydrogen (secondary N) is 1. The molecule has 0 spiro atoms. The minimum absolute atomic E-state index is 0. The van der Waals surface area contributed by atoms with Gasteiger partial charge in [-0.15, -0.1) is 0 Å². The van der Waals surface area contributed by atoms with E-state index in [1.54, 1.807) is 0 Å². The number of nitrogens with zero attached hydrogens (tertiary/aromatic N) is 1. The van der Waals surface area contributed by atoms with Crippen molar-refractivity contribution in [3.8, 4) is 0 Å². The maximum Gasteiger partial charge on any atom is 0.238 e. The number of carbonyl (C=O) groups is 1.